The van der Waals surface area contributed by atoms with Gasteiger partial charge in [-0.25, -0.2) is 0 Å². The van der Waals surface area contributed by atoms with Gasteiger partial charge in [0, 0.05) is 33.6 Å². The minimum Gasteiger partial charge on any atom is -0.280 e. The van der Waals surface area contributed by atoms with E-state index in [-0.39, 0.29) is 30.8 Å². The van der Waals surface area contributed by atoms with Gasteiger partial charge in [0.25, 0.3) is 11.8 Å². The number of amides is 2. The van der Waals surface area contributed by atoms with Crippen molar-refractivity contribution in [3.63, 3.8) is 0 Å². The molecule has 4 aromatic rings. The maximum absolute atomic E-state index is 12.9. The number of imide groups is 1. The predicted molar refractivity (Wildman–Crippen MR) is 137 cm³/mol. The SMILES string of the molecule is CC(CN1C(=O)c2ccccc2C1=O)c1nnc2n1-c1ccc(Cl)cc1C(c1ccccc1Cl)=NC2. The van der Waals surface area contributed by atoms with Crippen LogP contribution in [0.2, 0.25) is 10.0 Å². The topological polar surface area (TPSA) is 80.5 Å². The summed E-state index contributed by atoms with van der Waals surface area (Å²) >= 11 is 12.9. The molecule has 3 heterocycles. The second kappa shape index (κ2) is 8.69. The van der Waals surface area contributed by atoms with E-state index >= 15 is 0 Å². The largest absolute Gasteiger partial charge is 0.280 e. The molecule has 1 atom stereocenters. The van der Waals surface area contributed by atoms with Gasteiger partial charge in [-0.2, -0.15) is 0 Å². The molecule has 0 radical (unpaired) electrons. The van der Waals surface area contributed by atoms with Crippen LogP contribution < -0.4 is 0 Å². The highest BCUT2D eigenvalue weighted by Crippen LogP contribution is 2.33. The lowest BCUT2D eigenvalue weighted by molar-refractivity contribution is 0.0645. The second-order valence-corrected chi connectivity index (χ2v) is 9.63. The Morgan fingerprint density at radius 3 is 2.22 bits per heavy atom. The monoisotopic (exact) mass is 515 g/mol. The second-order valence-electron chi connectivity index (χ2n) is 8.78. The third-order valence-corrected chi connectivity index (χ3v) is 7.06. The maximum Gasteiger partial charge on any atom is 0.261 e. The Labute approximate surface area is 217 Å². The van der Waals surface area contributed by atoms with Gasteiger partial charge in [-0.1, -0.05) is 60.5 Å². The van der Waals surface area contributed by atoms with Crippen molar-refractivity contribution >= 4 is 40.7 Å². The highest BCUT2D eigenvalue weighted by atomic mass is 35.5. The molecule has 7 nitrogen and oxygen atoms in total. The van der Waals surface area contributed by atoms with E-state index in [0.717, 1.165) is 16.8 Å². The van der Waals surface area contributed by atoms with E-state index in [2.05, 4.69) is 10.2 Å². The molecule has 6 rings (SSSR count). The third-order valence-electron chi connectivity index (χ3n) is 6.49. The molecule has 2 amide bonds. The first-order valence-corrected chi connectivity index (χ1v) is 12.2. The Morgan fingerprint density at radius 2 is 1.53 bits per heavy atom. The first-order chi connectivity index (χ1) is 17.4. The van der Waals surface area contributed by atoms with Crippen LogP contribution in [-0.4, -0.2) is 43.7 Å². The lowest BCUT2D eigenvalue weighted by Gasteiger charge is -2.21. The molecule has 0 bridgehead atoms. The van der Waals surface area contributed by atoms with E-state index in [1.807, 2.05) is 47.9 Å². The van der Waals surface area contributed by atoms with Gasteiger partial charge >= 0.3 is 0 Å². The fourth-order valence-corrected chi connectivity index (χ4v) is 5.18. The summed E-state index contributed by atoms with van der Waals surface area (Å²) in [5.41, 5.74) is 3.95. The maximum atomic E-state index is 12.9. The van der Waals surface area contributed by atoms with Crippen LogP contribution in [0.15, 0.2) is 71.7 Å². The lowest BCUT2D eigenvalue weighted by atomic mass is 10.00. The van der Waals surface area contributed by atoms with E-state index in [0.29, 0.717) is 38.5 Å². The molecule has 0 saturated heterocycles. The summed E-state index contributed by atoms with van der Waals surface area (Å²) in [4.78, 5) is 32.0. The quantitative estimate of drug-likeness (QED) is 0.344. The Morgan fingerprint density at radius 1 is 0.861 bits per heavy atom. The lowest BCUT2D eigenvalue weighted by Crippen LogP contribution is -2.34. The standard InChI is InChI=1S/C27H19Cl2N5O2/c1-15(14-33-26(35)17-6-2-3-7-18(17)27(33)36)25-32-31-23-13-30-24(19-8-4-5-9-21(19)29)20-12-16(28)10-11-22(20)34(23)25/h2-12,15H,13-14H2,1H3. The van der Waals surface area contributed by atoms with E-state index < -0.39 is 0 Å². The smallest absolute Gasteiger partial charge is 0.261 e. The normalized spacial score (nSPS) is 15.2. The summed E-state index contributed by atoms with van der Waals surface area (Å²) in [5, 5.41) is 10.0. The summed E-state index contributed by atoms with van der Waals surface area (Å²) < 4.78 is 1.95. The Balaban J connectivity index is 1.41. The van der Waals surface area contributed by atoms with Crippen LogP contribution in [0.4, 0.5) is 0 Å². The molecule has 36 heavy (non-hydrogen) atoms. The minimum absolute atomic E-state index is 0.172. The Bertz CT molecular complexity index is 1560. The van der Waals surface area contributed by atoms with Crippen LogP contribution in [0.25, 0.3) is 5.69 Å². The van der Waals surface area contributed by atoms with Crippen molar-refractivity contribution in [2.75, 3.05) is 6.54 Å². The van der Waals surface area contributed by atoms with Crippen LogP contribution in [-0.2, 0) is 6.54 Å². The molecule has 2 aliphatic heterocycles. The number of fused-ring (bicyclic) bond motifs is 4. The van der Waals surface area contributed by atoms with E-state index in [1.165, 1.54) is 4.90 Å². The fourth-order valence-electron chi connectivity index (χ4n) is 4.79. The van der Waals surface area contributed by atoms with Gasteiger partial charge in [0.1, 0.15) is 12.4 Å². The molecule has 178 valence electrons. The molecular weight excluding hydrogens is 497 g/mol. The number of hydrogen-bond acceptors (Lipinski definition) is 5. The number of halogens is 2. The molecule has 0 fully saturated rings. The van der Waals surface area contributed by atoms with Crippen molar-refractivity contribution in [2.45, 2.75) is 19.4 Å². The highest BCUT2D eigenvalue weighted by molar-refractivity contribution is 6.36. The molecule has 1 unspecified atom stereocenters. The number of carbonyl (C=O) groups is 2. The van der Waals surface area contributed by atoms with Crippen molar-refractivity contribution in [3.8, 4) is 5.69 Å². The van der Waals surface area contributed by atoms with Gasteiger partial charge in [0.05, 0.1) is 22.5 Å². The van der Waals surface area contributed by atoms with Crippen LogP contribution in [0.1, 0.15) is 56.3 Å². The minimum atomic E-state index is -0.297. The predicted octanol–water partition coefficient (Wildman–Crippen LogP) is 5.32. The van der Waals surface area contributed by atoms with Gasteiger partial charge in [0.15, 0.2) is 5.82 Å². The van der Waals surface area contributed by atoms with Gasteiger partial charge in [-0.3, -0.25) is 24.0 Å². The number of aromatic nitrogens is 3. The molecule has 0 N–H and O–H groups in total. The number of rotatable bonds is 4. The zero-order valence-corrected chi connectivity index (χ0v) is 20.7. The van der Waals surface area contributed by atoms with Crippen LogP contribution in [0, 0.1) is 0 Å². The van der Waals surface area contributed by atoms with Crippen LogP contribution in [0.5, 0.6) is 0 Å². The van der Waals surface area contributed by atoms with Crippen molar-refractivity contribution in [1.82, 2.24) is 19.7 Å². The van der Waals surface area contributed by atoms with Crippen LogP contribution in [0.3, 0.4) is 0 Å². The molecule has 3 aromatic carbocycles. The average Bonchev–Trinajstić information content (AvgIpc) is 3.35. The van der Waals surface area contributed by atoms with Crippen molar-refractivity contribution in [3.05, 3.63) is 111 Å². The molecule has 2 aliphatic rings. The van der Waals surface area contributed by atoms with E-state index in [4.69, 9.17) is 28.2 Å². The summed E-state index contributed by atoms with van der Waals surface area (Å²) in [5.74, 6) is 0.383. The van der Waals surface area contributed by atoms with Crippen molar-refractivity contribution in [1.29, 1.82) is 0 Å². The highest BCUT2D eigenvalue weighted by Gasteiger charge is 2.37. The van der Waals surface area contributed by atoms with Crippen molar-refractivity contribution in [2.24, 2.45) is 4.99 Å². The first kappa shape index (κ1) is 22.6. The summed E-state index contributed by atoms with van der Waals surface area (Å²) in [6.07, 6.45) is 0. The Hall–Kier alpha value is -3.81. The molecule has 9 heteroatoms. The molecule has 0 spiro atoms. The fraction of sp³-hybridized carbons (Fsp3) is 0.148. The van der Waals surface area contributed by atoms with Gasteiger partial charge in [-0.15, -0.1) is 10.2 Å². The van der Waals surface area contributed by atoms with E-state index in [9.17, 15) is 9.59 Å². The number of carbonyl (C=O) groups excluding carboxylic acids is 2. The zero-order valence-electron chi connectivity index (χ0n) is 19.2. The van der Waals surface area contributed by atoms with E-state index in [1.54, 1.807) is 30.3 Å². The van der Waals surface area contributed by atoms with Crippen LogP contribution >= 0.6 is 23.2 Å². The summed E-state index contributed by atoms with van der Waals surface area (Å²) in [6.45, 7) is 2.38. The molecule has 1 aromatic heterocycles. The Kier molecular flexibility index (Phi) is 5.47. The average molecular weight is 516 g/mol. The number of aliphatic imine (C=N–C) groups is 1. The number of hydrogen-bond donors (Lipinski definition) is 0. The first-order valence-electron chi connectivity index (χ1n) is 11.4. The molecule has 0 saturated carbocycles. The number of nitrogens with zero attached hydrogens (tertiary/aromatic N) is 5. The third kappa shape index (κ3) is 3.54. The zero-order chi connectivity index (χ0) is 25.0. The summed E-state index contributed by atoms with van der Waals surface area (Å²) in [7, 11) is 0. The number of benzene rings is 3. The van der Waals surface area contributed by atoms with Gasteiger partial charge < -0.3 is 0 Å². The van der Waals surface area contributed by atoms with Crippen molar-refractivity contribution < 1.29 is 9.59 Å². The molecule has 0 aliphatic carbocycles. The van der Waals surface area contributed by atoms with Gasteiger partial charge in [0.2, 0.25) is 0 Å². The summed E-state index contributed by atoms with van der Waals surface area (Å²) in [6, 6.07) is 20.0. The molecular formula is C27H19Cl2N5O2. The van der Waals surface area contributed by atoms with Gasteiger partial charge in [-0.05, 0) is 36.4 Å².